The van der Waals surface area contributed by atoms with E-state index in [1.165, 1.54) is 11.3 Å². The van der Waals surface area contributed by atoms with E-state index >= 15 is 0 Å². The fourth-order valence-corrected chi connectivity index (χ4v) is 3.41. The third-order valence-electron chi connectivity index (χ3n) is 4.98. The summed E-state index contributed by atoms with van der Waals surface area (Å²) in [4.78, 5) is 7.05. The van der Waals surface area contributed by atoms with Gasteiger partial charge in [-0.05, 0) is 38.5 Å². The van der Waals surface area contributed by atoms with E-state index in [4.69, 9.17) is 4.74 Å². The van der Waals surface area contributed by atoms with Crippen LogP contribution in [0.1, 0.15) is 24.5 Å². The number of nitrogens with one attached hydrogen (secondary N) is 2. The van der Waals surface area contributed by atoms with E-state index in [-0.39, 0.29) is 29.7 Å². The van der Waals surface area contributed by atoms with Gasteiger partial charge in [0.1, 0.15) is 0 Å². The minimum atomic E-state index is 0. The summed E-state index contributed by atoms with van der Waals surface area (Å²) in [6, 6.07) is 14.5. The standard InChI is InChI=1S/C22H30N4O2.HI/c1-4-23-22(24-14-17-6-5-7-20(28-3)21(17)27)25-18-12-13-26(15-18)19-10-8-16(2)9-11-19;/h5-11,18,27H,4,12-15H2,1-3H3,(H2,23,24,25);1H. The molecule has 0 radical (unpaired) electrons. The van der Waals surface area contributed by atoms with Crippen molar-refractivity contribution in [3.63, 3.8) is 0 Å². The molecule has 3 rings (SSSR count). The van der Waals surface area contributed by atoms with Crippen LogP contribution in [0.5, 0.6) is 11.5 Å². The average molecular weight is 510 g/mol. The summed E-state index contributed by atoms with van der Waals surface area (Å²) in [6.45, 7) is 7.29. The molecular weight excluding hydrogens is 479 g/mol. The summed E-state index contributed by atoms with van der Waals surface area (Å²) in [5.41, 5.74) is 3.28. The first-order chi connectivity index (χ1) is 13.6. The summed E-state index contributed by atoms with van der Waals surface area (Å²) in [7, 11) is 1.55. The Balaban J connectivity index is 0.00000300. The Bertz CT molecular complexity index is 811. The van der Waals surface area contributed by atoms with Crippen molar-refractivity contribution in [2.75, 3.05) is 31.6 Å². The Morgan fingerprint density at radius 1 is 1.24 bits per heavy atom. The topological polar surface area (TPSA) is 69.1 Å². The van der Waals surface area contributed by atoms with E-state index in [1.807, 2.05) is 19.1 Å². The number of aliphatic imine (C=N–C) groups is 1. The van der Waals surface area contributed by atoms with Gasteiger partial charge in [0.05, 0.1) is 13.7 Å². The zero-order valence-electron chi connectivity index (χ0n) is 17.3. The number of para-hydroxylation sites is 1. The molecule has 0 bridgehead atoms. The number of anilines is 1. The number of ether oxygens (including phenoxy) is 1. The molecule has 3 N–H and O–H groups in total. The van der Waals surface area contributed by atoms with Gasteiger partial charge in [-0.25, -0.2) is 4.99 Å². The fraction of sp³-hybridized carbons (Fsp3) is 0.409. The van der Waals surface area contributed by atoms with Crippen molar-refractivity contribution in [2.24, 2.45) is 4.99 Å². The maximum absolute atomic E-state index is 10.3. The molecule has 1 unspecified atom stereocenters. The SMILES string of the molecule is CCNC(=NCc1cccc(OC)c1O)NC1CCN(c2ccc(C)cc2)C1.I. The number of phenols is 1. The molecule has 1 aliphatic heterocycles. The smallest absolute Gasteiger partial charge is 0.191 e. The van der Waals surface area contributed by atoms with Crippen LogP contribution in [0.3, 0.4) is 0 Å². The number of nitrogens with zero attached hydrogens (tertiary/aromatic N) is 2. The Labute approximate surface area is 190 Å². The third-order valence-corrected chi connectivity index (χ3v) is 4.98. The van der Waals surface area contributed by atoms with Crippen LogP contribution in [0.25, 0.3) is 0 Å². The minimum absolute atomic E-state index is 0. The number of aromatic hydroxyl groups is 1. The summed E-state index contributed by atoms with van der Waals surface area (Å²) in [6.07, 6.45) is 1.06. The van der Waals surface area contributed by atoms with Crippen molar-refractivity contribution < 1.29 is 9.84 Å². The molecule has 6 nitrogen and oxygen atoms in total. The predicted octanol–water partition coefficient (Wildman–Crippen LogP) is 3.66. The highest BCUT2D eigenvalue weighted by atomic mass is 127. The lowest BCUT2D eigenvalue weighted by atomic mass is 10.2. The van der Waals surface area contributed by atoms with E-state index in [0.717, 1.165) is 37.6 Å². The number of benzene rings is 2. The number of halogens is 1. The predicted molar refractivity (Wildman–Crippen MR) is 130 cm³/mol. The Morgan fingerprint density at radius 3 is 2.69 bits per heavy atom. The molecule has 1 saturated heterocycles. The van der Waals surface area contributed by atoms with Gasteiger partial charge in [-0.1, -0.05) is 29.8 Å². The van der Waals surface area contributed by atoms with Crippen molar-refractivity contribution in [1.82, 2.24) is 10.6 Å². The molecule has 0 aliphatic carbocycles. The second-order valence-electron chi connectivity index (χ2n) is 7.07. The van der Waals surface area contributed by atoms with Crippen LogP contribution in [0.15, 0.2) is 47.5 Å². The first-order valence-electron chi connectivity index (χ1n) is 9.82. The number of rotatable bonds is 6. The molecule has 1 atom stereocenters. The first kappa shape index (κ1) is 23.1. The van der Waals surface area contributed by atoms with Gasteiger partial charge in [0.25, 0.3) is 0 Å². The first-order valence-corrected chi connectivity index (χ1v) is 9.82. The molecule has 0 amide bonds. The second kappa shape index (κ2) is 11.1. The van der Waals surface area contributed by atoms with Crippen LogP contribution in [0, 0.1) is 6.92 Å². The van der Waals surface area contributed by atoms with Crippen LogP contribution < -0.4 is 20.3 Å². The number of phenolic OH excluding ortho intramolecular Hbond substituents is 1. The molecule has 1 heterocycles. The van der Waals surface area contributed by atoms with E-state index in [2.05, 4.69) is 51.7 Å². The van der Waals surface area contributed by atoms with Crippen molar-refractivity contribution >= 4 is 35.6 Å². The molecule has 1 fully saturated rings. The van der Waals surface area contributed by atoms with Gasteiger partial charge in [-0.2, -0.15) is 0 Å². The maximum atomic E-state index is 10.3. The summed E-state index contributed by atoms with van der Waals surface area (Å²) >= 11 is 0. The highest BCUT2D eigenvalue weighted by Crippen LogP contribution is 2.29. The van der Waals surface area contributed by atoms with Crippen LogP contribution >= 0.6 is 24.0 Å². The number of methoxy groups -OCH3 is 1. The van der Waals surface area contributed by atoms with Gasteiger partial charge in [0, 0.05) is 36.9 Å². The molecular formula is C22H31IN4O2. The van der Waals surface area contributed by atoms with Gasteiger partial charge < -0.3 is 25.4 Å². The molecule has 0 saturated carbocycles. The molecule has 2 aromatic carbocycles. The van der Waals surface area contributed by atoms with Crippen LogP contribution in [-0.2, 0) is 6.54 Å². The van der Waals surface area contributed by atoms with Gasteiger partial charge in [0.2, 0.25) is 0 Å². The fourth-order valence-electron chi connectivity index (χ4n) is 3.41. The Hall–Kier alpha value is -2.16. The van der Waals surface area contributed by atoms with Gasteiger partial charge in [-0.15, -0.1) is 24.0 Å². The minimum Gasteiger partial charge on any atom is -0.504 e. The van der Waals surface area contributed by atoms with E-state index in [1.54, 1.807) is 13.2 Å². The summed E-state index contributed by atoms with van der Waals surface area (Å²) in [5, 5.41) is 17.1. The van der Waals surface area contributed by atoms with Gasteiger partial charge >= 0.3 is 0 Å². The zero-order chi connectivity index (χ0) is 19.9. The van der Waals surface area contributed by atoms with Crippen LogP contribution in [-0.4, -0.2) is 43.9 Å². The number of guanidine groups is 1. The Morgan fingerprint density at radius 2 is 2.00 bits per heavy atom. The van der Waals surface area contributed by atoms with E-state index < -0.39 is 0 Å². The number of hydrogen-bond acceptors (Lipinski definition) is 4. The zero-order valence-corrected chi connectivity index (χ0v) is 19.6. The Kier molecular flexibility index (Phi) is 8.88. The van der Waals surface area contributed by atoms with Crippen LogP contribution in [0.4, 0.5) is 5.69 Å². The number of hydrogen-bond donors (Lipinski definition) is 3. The third kappa shape index (κ3) is 6.16. The van der Waals surface area contributed by atoms with Gasteiger partial charge in [-0.3, -0.25) is 0 Å². The molecule has 0 aromatic heterocycles. The monoisotopic (exact) mass is 510 g/mol. The van der Waals surface area contributed by atoms with E-state index in [9.17, 15) is 5.11 Å². The van der Waals surface area contributed by atoms with Gasteiger partial charge in [0.15, 0.2) is 17.5 Å². The molecule has 158 valence electrons. The highest BCUT2D eigenvalue weighted by Gasteiger charge is 2.23. The second-order valence-corrected chi connectivity index (χ2v) is 7.07. The number of aryl methyl sites for hydroxylation is 1. The van der Waals surface area contributed by atoms with E-state index in [0.29, 0.717) is 18.3 Å². The summed E-state index contributed by atoms with van der Waals surface area (Å²) in [5.74, 6) is 1.38. The molecule has 7 heteroatoms. The lowest BCUT2D eigenvalue weighted by Gasteiger charge is -2.20. The molecule has 2 aromatic rings. The lowest BCUT2D eigenvalue weighted by Crippen LogP contribution is -2.44. The normalized spacial score (nSPS) is 16.3. The maximum Gasteiger partial charge on any atom is 0.191 e. The molecule has 1 aliphatic rings. The molecule has 29 heavy (non-hydrogen) atoms. The quantitative estimate of drug-likeness (QED) is 0.315. The molecule has 0 spiro atoms. The van der Waals surface area contributed by atoms with Crippen molar-refractivity contribution in [1.29, 1.82) is 0 Å². The largest absolute Gasteiger partial charge is 0.504 e. The van der Waals surface area contributed by atoms with Crippen molar-refractivity contribution in [2.45, 2.75) is 32.9 Å². The average Bonchev–Trinajstić information content (AvgIpc) is 3.16. The summed E-state index contributed by atoms with van der Waals surface area (Å²) < 4.78 is 5.17. The van der Waals surface area contributed by atoms with Crippen molar-refractivity contribution in [3.8, 4) is 11.5 Å². The lowest BCUT2D eigenvalue weighted by molar-refractivity contribution is 0.370. The highest BCUT2D eigenvalue weighted by molar-refractivity contribution is 14.0. The van der Waals surface area contributed by atoms with Crippen LogP contribution in [0.2, 0.25) is 0 Å². The van der Waals surface area contributed by atoms with Crippen molar-refractivity contribution in [3.05, 3.63) is 53.6 Å².